The summed E-state index contributed by atoms with van der Waals surface area (Å²) in [6.45, 7) is 1.83. The molecule has 8 nitrogen and oxygen atoms in total. The van der Waals surface area contributed by atoms with Crippen molar-refractivity contribution in [3.8, 4) is 17.0 Å². The summed E-state index contributed by atoms with van der Waals surface area (Å²) >= 11 is 0. The van der Waals surface area contributed by atoms with E-state index in [9.17, 15) is 19.1 Å². The van der Waals surface area contributed by atoms with Crippen molar-refractivity contribution in [2.45, 2.75) is 32.4 Å². The monoisotopic (exact) mass is 462 g/mol. The molecular formula is C25H23FN4O4. The first-order valence-corrected chi connectivity index (χ1v) is 11.0. The molecule has 9 heteroatoms. The number of halogens is 1. The number of aromatic nitrogens is 2. The number of nitrogens with zero attached hydrogens (tertiary/aromatic N) is 4. The number of aliphatic hydroxyl groups is 1. The minimum absolute atomic E-state index is 0.114. The maximum absolute atomic E-state index is 14.8. The van der Waals surface area contributed by atoms with E-state index in [1.165, 1.54) is 29.2 Å². The van der Waals surface area contributed by atoms with Gasteiger partial charge < -0.3 is 9.84 Å². The van der Waals surface area contributed by atoms with Gasteiger partial charge in [0.15, 0.2) is 0 Å². The number of aliphatic hydroxyl groups excluding tert-OH is 1. The van der Waals surface area contributed by atoms with Gasteiger partial charge in [0, 0.05) is 23.7 Å². The zero-order valence-corrected chi connectivity index (χ0v) is 18.8. The Hall–Kier alpha value is -3.85. The summed E-state index contributed by atoms with van der Waals surface area (Å²) < 4.78 is 20.2. The molecule has 3 aromatic rings. The van der Waals surface area contributed by atoms with Gasteiger partial charge in [0.2, 0.25) is 5.91 Å². The zero-order valence-electron chi connectivity index (χ0n) is 18.8. The van der Waals surface area contributed by atoms with Crippen LogP contribution in [0.2, 0.25) is 0 Å². The molecule has 2 aliphatic rings. The molecule has 1 saturated heterocycles. The Morgan fingerprint density at radius 3 is 2.76 bits per heavy atom. The molecule has 1 unspecified atom stereocenters. The second-order valence-corrected chi connectivity index (χ2v) is 8.39. The van der Waals surface area contributed by atoms with E-state index in [1.807, 2.05) is 6.92 Å². The number of carbonyl (C=O) groups is 2. The first-order valence-electron chi connectivity index (χ1n) is 11.0. The predicted octanol–water partition coefficient (Wildman–Crippen LogP) is 3.25. The normalized spacial score (nSPS) is 17.5. The number of benzene rings is 1. The van der Waals surface area contributed by atoms with E-state index in [-0.39, 0.29) is 36.6 Å². The number of methoxy groups -OCH3 is 1. The quantitative estimate of drug-likeness (QED) is 0.626. The van der Waals surface area contributed by atoms with Gasteiger partial charge in [0.1, 0.15) is 23.2 Å². The summed E-state index contributed by atoms with van der Waals surface area (Å²) in [5.74, 6) is 0.199. The highest BCUT2D eigenvalue weighted by molar-refractivity contribution is 6.11. The molecule has 174 valence electrons. The molecule has 0 spiro atoms. The Labute approximate surface area is 195 Å². The highest BCUT2D eigenvalue weighted by Gasteiger charge is 2.36. The van der Waals surface area contributed by atoms with Crippen molar-refractivity contribution in [1.82, 2.24) is 9.97 Å². The average Bonchev–Trinajstić information content (AvgIpc) is 3.38. The van der Waals surface area contributed by atoms with E-state index < -0.39 is 5.82 Å². The molecule has 2 aromatic heterocycles. The van der Waals surface area contributed by atoms with Gasteiger partial charge >= 0.3 is 0 Å². The van der Waals surface area contributed by atoms with Crippen LogP contribution in [0.25, 0.3) is 11.3 Å². The van der Waals surface area contributed by atoms with E-state index in [1.54, 1.807) is 30.3 Å². The number of rotatable bonds is 5. The van der Waals surface area contributed by atoms with E-state index in [0.29, 0.717) is 47.0 Å². The number of anilines is 2. The molecule has 1 fully saturated rings. The number of pyridine rings is 2. The van der Waals surface area contributed by atoms with Crippen LogP contribution >= 0.6 is 0 Å². The van der Waals surface area contributed by atoms with Crippen molar-refractivity contribution in [3.63, 3.8) is 0 Å². The first-order chi connectivity index (χ1) is 16.4. The number of aryl methyl sites for hydroxylation is 1. The fraction of sp³-hybridized carbons (Fsp3) is 0.280. The lowest BCUT2D eigenvalue weighted by atomic mass is 10.0. The number of amides is 2. The summed E-state index contributed by atoms with van der Waals surface area (Å²) in [4.78, 5) is 37.8. The fourth-order valence-corrected chi connectivity index (χ4v) is 4.66. The topological polar surface area (TPSA) is 95.9 Å². The van der Waals surface area contributed by atoms with Crippen LogP contribution in [0.3, 0.4) is 0 Å². The SMILES string of the molecule is COc1cccc(F)c1-c1nccc2c1CN(c1cc(C)cc(N3C(=O)CCC3CO)n1)C2=O. The van der Waals surface area contributed by atoms with Gasteiger partial charge in [-0.1, -0.05) is 6.07 Å². The summed E-state index contributed by atoms with van der Waals surface area (Å²) in [7, 11) is 1.45. The van der Waals surface area contributed by atoms with Crippen LogP contribution < -0.4 is 14.5 Å². The fourth-order valence-electron chi connectivity index (χ4n) is 4.66. The van der Waals surface area contributed by atoms with Crippen LogP contribution in [-0.2, 0) is 11.3 Å². The molecule has 1 N–H and O–H groups in total. The van der Waals surface area contributed by atoms with Gasteiger partial charge in [-0.25, -0.2) is 9.37 Å². The minimum atomic E-state index is -0.496. The number of fused-ring (bicyclic) bond motifs is 1. The van der Waals surface area contributed by atoms with E-state index in [0.717, 1.165) is 5.56 Å². The van der Waals surface area contributed by atoms with Crippen LogP contribution in [0.15, 0.2) is 42.6 Å². The van der Waals surface area contributed by atoms with Crippen LogP contribution in [0.4, 0.5) is 16.0 Å². The van der Waals surface area contributed by atoms with Gasteiger partial charge in [-0.05, 0) is 49.2 Å². The molecule has 2 aliphatic heterocycles. The van der Waals surface area contributed by atoms with Gasteiger partial charge in [-0.15, -0.1) is 0 Å². The lowest BCUT2D eigenvalue weighted by Crippen LogP contribution is -2.36. The van der Waals surface area contributed by atoms with Gasteiger partial charge in [0.25, 0.3) is 5.91 Å². The Morgan fingerprint density at radius 2 is 2.00 bits per heavy atom. The number of carbonyl (C=O) groups excluding carboxylic acids is 2. The average molecular weight is 462 g/mol. The van der Waals surface area contributed by atoms with Gasteiger partial charge in [-0.2, -0.15) is 0 Å². The molecular weight excluding hydrogens is 439 g/mol. The van der Waals surface area contributed by atoms with Crippen LogP contribution in [-0.4, -0.2) is 46.6 Å². The molecule has 0 bridgehead atoms. The number of hydrogen-bond acceptors (Lipinski definition) is 6. The predicted molar refractivity (Wildman–Crippen MR) is 123 cm³/mol. The lowest BCUT2D eigenvalue weighted by molar-refractivity contribution is -0.117. The van der Waals surface area contributed by atoms with Crippen molar-refractivity contribution in [2.75, 3.05) is 23.5 Å². The largest absolute Gasteiger partial charge is 0.496 e. The molecule has 1 aromatic carbocycles. The Morgan fingerprint density at radius 1 is 1.21 bits per heavy atom. The maximum Gasteiger partial charge on any atom is 0.260 e. The van der Waals surface area contributed by atoms with Crippen molar-refractivity contribution in [2.24, 2.45) is 0 Å². The van der Waals surface area contributed by atoms with Gasteiger partial charge in [0.05, 0.1) is 37.6 Å². The van der Waals surface area contributed by atoms with Crippen LogP contribution in [0.1, 0.15) is 34.3 Å². The summed E-state index contributed by atoms with van der Waals surface area (Å²) in [6.07, 6.45) is 2.36. The zero-order chi connectivity index (χ0) is 24.0. The van der Waals surface area contributed by atoms with E-state index in [4.69, 9.17) is 4.74 Å². The second-order valence-electron chi connectivity index (χ2n) is 8.39. The van der Waals surface area contributed by atoms with Crippen molar-refractivity contribution in [1.29, 1.82) is 0 Å². The summed E-state index contributed by atoms with van der Waals surface area (Å²) in [6, 6.07) is 9.32. The van der Waals surface area contributed by atoms with E-state index >= 15 is 0 Å². The van der Waals surface area contributed by atoms with Crippen LogP contribution in [0.5, 0.6) is 5.75 Å². The Kier molecular flexibility index (Phi) is 5.49. The molecule has 1 atom stereocenters. The second kappa shape index (κ2) is 8.49. The molecule has 5 rings (SSSR count). The highest BCUT2D eigenvalue weighted by atomic mass is 19.1. The maximum atomic E-state index is 14.8. The molecule has 0 saturated carbocycles. The van der Waals surface area contributed by atoms with Gasteiger partial charge in [-0.3, -0.25) is 24.4 Å². The lowest BCUT2D eigenvalue weighted by Gasteiger charge is -2.24. The molecule has 0 radical (unpaired) electrons. The summed E-state index contributed by atoms with van der Waals surface area (Å²) in [5, 5.41) is 9.70. The Bertz CT molecular complexity index is 1310. The van der Waals surface area contributed by atoms with E-state index in [2.05, 4.69) is 9.97 Å². The molecule has 2 amide bonds. The smallest absolute Gasteiger partial charge is 0.260 e. The van der Waals surface area contributed by atoms with Crippen molar-refractivity contribution < 1.29 is 23.8 Å². The van der Waals surface area contributed by atoms with Crippen molar-refractivity contribution >= 4 is 23.5 Å². The molecule has 4 heterocycles. The third-order valence-electron chi connectivity index (χ3n) is 6.28. The summed E-state index contributed by atoms with van der Waals surface area (Å²) in [5.41, 5.74) is 2.33. The molecule has 34 heavy (non-hydrogen) atoms. The standard InChI is InChI=1S/C25H23FN4O4/c1-14-10-20(28-21(11-14)30-15(13-31)6-7-22(30)32)29-12-17-16(25(29)33)8-9-27-24(17)23-18(26)4-3-5-19(23)34-2/h3-5,8-11,15,31H,6-7,12-13H2,1-2H3. The molecule has 0 aliphatic carbocycles. The number of hydrogen-bond donors (Lipinski definition) is 1. The Balaban J connectivity index is 1.57. The first kappa shape index (κ1) is 22.0. The minimum Gasteiger partial charge on any atom is -0.496 e. The third kappa shape index (κ3) is 3.49. The number of ether oxygens (including phenoxy) is 1. The third-order valence-corrected chi connectivity index (χ3v) is 6.28. The van der Waals surface area contributed by atoms with Crippen LogP contribution in [0, 0.1) is 12.7 Å². The van der Waals surface area contributed by atoms with Crippen molar-refractivity contribution in [3.05, 3.63) is 65.1 Å². The highest BCUT2D eigenvalue weighted by Crippen LogP contribution is 2.39.